The molecule has 2 unspecified atom stereocenters. The third kappa shape index (κ3) is 13.3. The fourth-order valence-corrected chi connectivity index (χ4v) is 4.55. The number of aliphatic hydroxyl groups excluding tert-OH is 1. The van der Waals surface area contributed by atoms with Crippen molar-refractivity contribution < 1.29 is 14.6 Å². The first-order valence-corrected chi connectivity index (χ1v) is 13.3. The molecule has 0 saturated carbocycles. The minimum absolute atomic E-state index is 0.0820. The van der Waals surface area contributed by atoms with Crippen LogP contribution in [0.3, 0.4) is 0 Å². The van der Waals surface area contributed by atoms with Crippen molar-refractivity contribution in [1.29, 1.82) is 0 Å². The molecule has 1 aromatic carbocycles. The van der Waals surface area contributed by atoms with Gasteiger partial charge in [0.1, 0.15) is 0 Å². The molecule has 0 saturated heterocycles. The molecule has 1 N–H and O–H groups in total. The molecule has 184 valence electrons. The Labute approximate surface area is 198 Å². The minimum Gasteiger partial charge on any atom is -0.462 e. The zero-order chi connectivity index (χ0) is 23.7. The van der Waals surface area contributed by atoms with E-state index in [1.54, 1.807) is 12.1 Å². The fraction of sp³-hybridized carbons (Fsp3) is 0.759. The van der Waals surface area contributed by atoms with Crippen LogP contribution in [0.5, 0.6) is 0 Å². The third-order valence-electron chi connectivity index (χ3n) is 6.58. The fourth-order valence-electron chi connectivity index (χ4n) is 4.55. The van der Waals surface area contributed by atoms with Crippen molar-refractivity contribution in [2.75, 3.05) is 6.61 Å². The van der Waals surface area contributed by atoms with Crippen LogP contribution in [-0.2, 0) is 4.74 Å². The second-order valence-corrected chi connectivity index (χ2v) is 10.5. The molecule has 0 bridgehead atoms. The Morgan fingerprint density at radius 1 is 0.812 bits per heavy atom. The van der Waals surface area contributed by atoms with E-state index in [4.69, 9.17) is 4.74 Å². The van der Waals surface area contributed by atoms with Crippen molar-refractivity contribution in [2.24, 2.45) is 11.3 Å². The lowest BCUT2D eigenvalue weighted by Gasteiger charge is -2.35. The Kier molecular flexibility index (Phi) is 15.4. The maximum atomic E-state index is 12.0. The molecular weight excluding hydrogens is 396 g/mol. The molecule has 0 aliphatic rings. The predicted octanol–water partition coefficient (Wildman–Crippen LogP) is 8.35. The summed E-state index contributed by atoms with van der Waals surface area (Å²) in [6, 6.07) is 9.09. The molecule has 0 amide bonds. The van der Waals surface area contributed by atoms with E-state index in [1.165, 1.54) is 70.6 Å². The molecule has 0 aliphatic heterocycles. The number of rotatable bonds is 18. The number of esters is 1. The second kappa shape index (κ2) is 17.2. The highest BCUT2D eigenvalue weighted by Gasteiger charge is 2.30. The van der Waals surface area contributed by atoms with Gasteiger partial charge >= 0.3 is 5.97 Å². The van der Waals surface area contributed by atoms with Crippen LogP contribution in [0.2, 0.25) is 0 Å². The van der Waals surface area contributed by atoms with E-state index in [1.807, 2.05) is 18.2 Å². The quantitative estimate of drug-likeness (QED) is 0.182. The Morgan fingerprint density at radius 3 is 1.88 bits per heavy atom. The van der Waals surface area contributed by atoms with Crippen LogP contribution in [0, 0.1) is 11.3 Å². The molecule has 1 rings (SSSR count). The van der Waals surface area contributed by atoms with Crippen LogP contribution in [0.15, 0.2) is 30.3 Å². The van der Waals surface area contributed by atoms with Gasteiger partial charge in [0.2, 0.25) is 0 Å². The van der Waals surface area contributed by atoms with E-state index in [2.05, 4.69) is 27.7 Å². The first-order valence-electron chi connectivity index (χ1n) is 13.3. The van der Waals surface area contributed by atoms with Gasteiger partial charge in [-0.15, -0.1) is 0 Å². The number of aliphatic hydroxyl groups is 1. The summed E-state index contributed by atoms with van der Waals surface area (Å²) in [5, 5.41) is 10.8. The van der Waals surface area contributed by atoms with Crippen LogP contribution in [0.25, 0.3) is 0 Å². The van der Waals surface area contributed by atoms with E-state index in [0.717, 1.165) is 6.42 Å². The highest BCUT2D eigenvalue weighted by Crippen LogP contribution is 2.34. The molecule has 0 spiro atoms. The van der Waals surface area contributed by atoms with Gasteiger partial charge in [-0.25, -0.2) is 4.79 Å². The summed E-state index contributed by atoms with van der Waals surface area (Å²) in [7, 11) is 0. The summed E-state index contributed by atoms with van der Waals surface area (Å²) in [5.74, 6) is -0.000638. The van der Waals surface area contributed by atoms with Gasteiger partial charge in [-0.2, -0.15) is 0 Å². The maximum absolute atomic E-state index is 12.0. The van der Waals surface area contributed by atoms with Gasteiger partial charge < -0.3 is 9.84 Å². The lowest BCUT2D eigenvalue weighted by Crippen LogP contribution is -2.32. The van der Waals surface area contributed by atoms with Crippen LogP contribution in [0.4, 0.5) is 0 Å². The number of hydrogen-bond donors (Lipinski definition) is 1. The summed E-state index contributed by atoms with van der Waals surface area (Å²) < 4.78 is 5.37. The molecule has 3 heteroatoms. The van der Waals surface area contributed by atoms with Crippen molar-refractivity contribution >= 4 is 5.97 Å². The van der Waals surface area contributed by atoms with Crippen molar-refractivity contribution in [3.8, 4) is 0 Å². The second-order valence-electron chi connectivity index (χ2n) is 10.5. The number of carbonyl (C=O) groups excluding carboxylic acids is 1. The normalized spacial score (nSPS) is 13.7. The van der Waals surface area contributed by atoms with Crippen molar-refractivity contribution in [2.45, 2.75) is 124 Å². The number of unbranched alkanes of at least 4 members (excludes halogenated alkanes) is 10. The maximum Gasteiger partial charge on any atom is 0.338 e. The standard InChI is InChI=1S/C29H50O3/c1-5-6-7-8-9-10-11-12-13-14-18-22-26(29(2,3)4)27(30)23-19-24-32-28(31)25-20-16-15-17-21-25/h15-17,20-21,26-27,30H,5-14,18-19,22-24H2,1-4H3. The van der Waals surface area contributed by atoms with Gasteiger partial charge in [-0.1, -0.05) is 117 Å². The van der Waals surface area contributed by atoms with E-state index in [0.29, 0.717) is 25.0 Å². The van der Waals surface area contributed by atoms with Crippen molar-refractivity contribution in [3.05, 3.63) is 35.9 Å². The highest BCUT2D eigenvalue weighted by atomic mass is 16.5. The highest BCUT2D eigenvalue weighted by molar-refractivity contribution is 5.89. The summed E-state index contributed by atoms with van der Waals surface area (Å²) in [6.45, 7) is 9.33. The number of hydrogen-bond acceptors (Lipinski definition) is 3. The lowest BCUT2D eigenvalue weighted by atomic mass is 9.73. The SMILES string of the molecule is CCCCCCCCCCCCCC(C(O)CCCOC(=O)c1ccccc1)C(C)(C)C. The first-order chi connectivity index (χ1) is 15.4. The summed E-state index contributed by atoms with van der Waals surface area (Å²) in [6.07, 6.45) is 16.9. The van der Waals surface area contributed by atoms with E-state index in [9.17, 15) is 9.90 Å². The van der Waals surface area contributed by atoms with Crippen LogP contribution in [-0.4, -0.2) is 23.8 Å². The summed E-state index contributed by atoms with van der Waals surface area (Å²) >= 11 is 0. The Hall–Kier alpha value is -1.35. The average Bonchev–Trinajstić information content (AvgIpc) is 2.77. The van der Waals surface area contributed by atoms with Crippen LogP contribution < -0.4 is 0 Å². The van der Waals surface area contributed by atoms with Crippen LogP contribution in [0.1, 0.15) is 128 Å². The third-order valence-corrected chi connectivity index (χ3v) is 6.58. The van der Waals surface area contributed by atoms with Gasteiger partial charge in [0.05, 0.1) is 18.3 Å². The van der Waals surface area contributed by atoms with Gasteiger partial charge in [0.15, 0.2) is 0 Å². The molecule has 0 heterocycles. The van der Waals surface area contributed by atoms with Crippen LogP contribution >= 0.6 is 0 Å². The van der Waals surface area contributed by atoms with Gasteiger partial charge in [-0.05, 0) is 42.7 Å². The smallest absolute Gasteiger partial charge is 0.338 e. The molecule has 0 fully saturated rings. The number of ether oxygens (including phenoxy) is 1. The molecule has 0 radical (unpaired) electrons. The molecular formula is C29H50O3. The molecule has 0 aliphatic carbocycles. The predicted molar refractivity (Wildman–Crippen MR) is 136 cm³/mol. The summed E-state index contributed by atoms with van der Waals surface area (Å²) in [4.78, 5) is 12.0. The first kappa shape index (κ1) is 28.7. The number of carbonyl (C=O) groups is 1. The molecule has 32 heavy (non-hydrogen) atoms. The zero-order valence-electron chi connectivity index (χ0n) is 21.4. The van der Waals surface area contributed by atoms with E-state index >= 15 is 0 Å². The molecule has 3 nitrogen and oxygen atoms in total. The van der Waals surface area contributed by atoms with Crippen molar-refractivity contribution in [1.82, 2.24) is 0 Å². The molecule has 2 atom stereocenters. The Balaban J connectivity index is 2.18. The van der Waals surface area contributed by atoms with E-state index < -0.39 is 0 Å². The monoisotopic (exact) mass is 446 g/mol. The Morgan fingerprint density at radius 2 is 1.34 bits per heavy atom. The zero-order valence-corrected chi connectivity index (χ0v) is 21.4. The average molecular weight is 447 g/mol. The van der Waals surface area contributed by atoms with Gasteiger partial charge in [-0.3, -0.25) is 0 Å². The topological polar surface area (TPSA) is 46.5 Å². The molecule has 0 aromatic heterocycles. The van der Waals surface area contributed by atoms with Gasteiger partial charge in [0, 0.05) is 0 Å². The summed E-state index contributed by atoms with van der Waals surface area (Å²) in [5.41, 5.74) is 0.663. The van der Waals surface area contributed by atoms with Gasteiger partial charge in [0.25, 0.3) is 0 Å². The lowest BCUT2D eigenvalue weighted by molar-refractivity contribution is 0.0201. The van der Waals surface area contributed by atoms with Crippen molar-refractivity contribution in [3.63, 3.8) is 0 Å². The Bertz CT molecular complexity index is 576. The minimum atomic E-state index is -0.339. The van der Waals surface area contributed by atoms with E-state index in [-0.39, 0.29) is 23.4 Å². The number of benzene rings is 1. The largest absolute Gasteiger partial charge is 0.462 e. The molecule has 1 aromatic rings.